The lowest BCUT2D eigenvalue weighted by Gasteiger charge is -2.22. The molecule has 7 heteroatoms. The van der Waals surface area contributed by atoms with E-state index >= 15 is 0 Å². The highest BCUT2D eigenvalue weighted by atomic mass is 79.9. The quantitative estimate of drug-likeness (QED) is 0.885. The summed E-state index contributed by atoms with van der Waals surface area (Å²) >= 11 is 4.42. The molecular weight excluding hydrogens is 273 g/mol. The van der Waals surface area contributed by atoms with Gasteiger partial charge in [-0.2, -0.15) is 0 Å². The maximum atomic E-state index is 13.2. The van der Waals surface area contributed by atoms with Crippen molar-refractivity contribution in [3.63, 3.8) is 0 Å². The summed E-state index contributed by atoms with van der Waals surface area (Å²) in [7, 11) is 0. The number of nitrogens with zero attached hydrogens (tertiary/aromatic N) is 2. The van der Waals surface area contributed by atoms with Gasteiger partial charge in [0.1, 0.15) is 6.17 Å². The van der Waals surface area contributed by atoms with Gasteiger partial charge in [-0.25, -0.2) is 4.39 Å². The summed E-state index contributed by atoms with van der Waals surface area (Å²) in [6.45, 7) is 2.87. The molecule has 1 aromatic rings. The first-order chi connectivity index (χ1) is 6.39. The molecule has 1 heterocycles. The van der Waals surface area contributed by atoms with E-state index in [1.807, 2.05) is 0 Å². The Morgan fingerprint density at radius 1 is 1.64 bits per heavy atom. The van der Waals surface area contributed by atoms with Gasteiger partial charge in [-0.3, -0.25) is 0 Å². The van der Waals surface area contributed by atoms with Gasteiger partial charge in [0.25, 0.3) is 0 Å². The van der Waals surface area contributed by atoms with E-state index in [9.17, 15) is 9.50 Å². The number of anilines is 1. The number of aromatic nitrogens is 2. The van der Waals surface area contributed by atoms with Crippen molar-refractivity contribution in [2.75, 3.05) is 11.9 Å². The zero-order valence-corrected chi connectivity index (χ0v) is 10.2. The molecule has 0 aliphatic heterocycles. The Kier molecular flexibility index (Phi) is 3.79. The molecule has 0 spiro atoms. The lowest BCUT2D eigenvalue weighted by molar-refractivity contribution is 0.00323. The van der Waals surface area contributed by atoms with E-state index in [1.54, 1.807) is 0 Å². The second kappa shape index (κ2) is 4.50. The van der Waals surface area contributed by atoms with Gasteiger partial charge in [-0.15, -0.1) is 10.2 Å². The van der Waals surface area contributed by atoms with Gasteiger partial charge in [0.2, 0.25) is 5.13 Å². The lowest BCUT2D eigenvalue weighted by atomic mass is 10.0. The molecule has 0 amide bonds. The minimum Gasteiger partial charge on any atom is -0.387 e. The molecule has 1 unspecified atom stereocenters. The molecule has 14 heavy (non-hydrogen) atoms. The van der Waals surface area contributed by atoms with Gasteiger partial charge >= 0.3 is 0 Å². The van der Waals surface area contributed by atoms with Crippen molar-refractivity contribution in [2.45, 2.75) is 25.6 Å². The summed E-state index contributed by atoms with van der Waals surface area (Å²) in [6.07, 6.45) is -1.34. The molecule has 0 aliphatic carbocycles. The summed E-state index contributed by atoms with van der Waals surface area (Å²) in [5, 5.41) is 20.0. The predicted octanol–water partition coefficient (Wildman–Crippen LogP) is 1.82. The molecule has 0 saturated heterocycles. The maximum absolute atomic E-state index is 13.2. The highest BCUT2D eigenvalue weighted by molar-refractivity contribution is 9.11. The first-order valence-electron chi connectivity index (χ1n) is 3.99. The fourth-order valence-corrected chi connectivity index (χ4v) is 1.72. The molecule has 0 fully saturated rings. The van der Waals surface area contributed by atoms with Crippen molar-refractivity contribution < 1.29 is 9.50 Å². The van der Waals surface area contributed by atoms with E-state index < -0.39 is 11.8 Å². The Bertz CT molecular complexity index is 301. The molecule has 4 nitrogen and oxygen atoms in total. The van der Waals surface area contributed by atoms with Crippen LogP contribution in [0, 0.1) is 0 Å². The van der Waals surface area contributed by atoms with Crippen LogP contribution in [0.15, 0.2) is 3.92 Å². The monoisotopic (exact) mass is 283 g/mol. The van der Waals surface area contributed by atoms with Crippen molar-refractivity contribution in [2.24, 2.45) is 0 Å². The second-order valence-electron chi connectivity index (χ2n) is 3.36. The topological polar surface area (TPSA) is 58.0 Å². The van der Waals surface area contributed by atoms with E-state index in [2.05, 4.69) is 31.4 Å². The van der Waals surface area contributed by atoms with Gasteiger partial charge in [-0.05, 0) is 29.8 Å². The lowest BCUT2D eigenvalue weighted by Crippen LogP contribution is -2.37. The smallest absolute Gasteiger partial charge is 0.206 e. The Labute approximate surface area is 93.7 Å². The van der Waals surface area contributed by atoms with E-state index in [1.165, 1.54) is 25.2 Å². The number of nitrogens with one attached hydrogen (secondary N) is 1. The first-order valence-corrected chi connectivity index (χ1v) is 5.60. The third-order valence-corrected chi connectivity index (χ3v) is 2.91. The largest absolute Gasteiger partial charge is 0.387 e. The highest BCUT2D eigenvalue weighted by Gasteiger charge is 2.26. The normalized spacial score (nSPS) is 14.1. The zero-order valence-electron chi connectivity index (χ0n) is 7.79. The summed E-state index contributed by atoms with van der Waals surface area (Å²) in [4.78, 5) is 0. The van der Waals surface area contributed by atoms with Crippen LogP contribution in [0.25, 0.3) is 0 Å². The van der Waals surface area contributed by atoms with Gasteiger partial charge in [-0.1, -0.05) is 11.3 Å². The number of halogens is 2. The van der Waals surface area contributed by atoms with Crippen LogP contribution in [0.4, 0.5) is 9.52 Å². The number of hydrogen-bond acceptors (Lipinski definition) is 5. The third-order valence-electron chi connectivity index (χ3n) is 1.60. The minimum atomic E-state index is -1.34. The Hall–Kier alpha value is -0.270. The molecule has 1 rings (SSSR count). The van der Waals surface area contributed by atoms with Crippen LogP contribution in [-0.2, 0) is 0 Å². The molecule has 2 N–H and O–H groups in total. The Morgan fingerprint density at radius 3 is 2.71 bits per heavy atom. The summed E-state index contributed by atoms with van der Waals surface area (Å²) in [6, 6.07) is 0. The van der Waals surface area contributed by atoms with Crippen LogP contribution in [0.3, 0.4) is 0 Å². The Balaban J connectivity index is 2.41. The third kappa shape index (κ3) is 3.47. The minimum absolute atomic E-state index is 0.0190. The van der Waals surface area contributed by atoms with Gasteiger partial charge in [0.05, 0.1) is 12.1 Å². The first kappa shape index (κ1) is 11.8. The van der Waals surface area contributed by atoms with Gasteiger partial charge in [0, 0.05) is 0 Å². The molecule has 80 valence electrons. The fraction of sp³-hybridized carbons (Fsp3) is 0.714. The average Bonchev–Trinajstić information content (AvgIpc) is 2.45. The molecule has 0 aromatic carbocycles. The number of alkyl halides is 1. The predicted molar refractivity (Wildman–Crippen MR) is 57.3 cm³/mol. The van der Waals surface area contributed by atoms with Crippen LogP contribution in [-0.4, -0.2) is 33.6 Å². The molecular formula is C7H11BrFN3OS. The summed E-state index contributed by atoms with van der Waals surface area (Å²) < 4.78 is 13.9. The van der Waals surface area contributed by atoms with Crippen LogP contribution in [0.5, 0.6) is 0 Å². The van der Waals surface area contributed by atoms with Gasteiger partial charge < -0.3 is 10.4 Å². The van der Waals surface area contributed by atoms with Crippen molar-refractivity contribution in [1.29, 1.82) is 0 Å². The van der Waals surface area contributed by atoms with E-state index in [0.29, 0.717) is 9.05 Å². The molecule has 0 saturated carbocycles. The van der Waals surface area contributed by atoms with Crippen molar-refractivity contribution >= 4 is 32.4 Å². The van der Waals surface area contributed by atoms with Gasteiger partial charge in [0.15, 0.2) is 3.92 Å². The molecule has 1 aromatic heterocycles. The molecule has 0 radical (unpaired) electrons. The maximum Gasteiger partial charge on any atom is 0.206 e. The van der Waals surface area contributed by atoms with E-state index in [-0.39, 0.29) is 6.54 Å². The summed E-state index contributed by atoms with van der Waals surface area (Å²) in [5.41, 5.74) is -1.34. The highest BCUT2D eigenvalue weighted by Crippen LogP contribution is 2.21. The van der Waals surface area contributed by atoms with Crippen LogP contribution < -0.4 is 5.32 Å². The van der Waals surface area contributed by atoms with Crippen LogP contribution in [0.2, 0.25) is 0 Å². The molecule has 0 bridgehead atoms. The zero-order chi connectivity index (χ0) is 10.8. The SMILES string of the molecule is CC(C)(O)C(F)CNc1nnc(Br)s1. The molecule has 0 aliphatic rings. The standard InChI is InChI=1S/C7H11BrFN3OS/c1-7(2,13)4(9)3-10-6-12-11-5(8)14-6/h4,13H,3H2,1-2H3,(H,10,12). The van der Waals surface area contributed by atoms with E-state index in [0.717, 1.165) is 0 Å². The second-order valence-corrected chi connectivity index (χ2v) is 5.62. The van der Waals surface area contributed by atoms with Crippen molar-refractivity contribution in [3.05, 3.63) is 3.92 Å². The van der Waals surface area contributed by atoms with Crippen LogP contribution in [0.1, 0.15) is 13.8 Å². The molecule has 1 atom stereocenters. The number of rotatable bonds is 4. The number of hydrogen-bond donors (Lipinski definition) is 2. The summed E-state index contributed by atoms with van der Waals surface area (Å²) in [5.74, 6) is 0. The average molecular weight is 284 g/mol. The van der Waals surface area contributed by atoms with E-state index in [4.69, 9.17) is 0 Å². The van der Waals surface area contributed by atoms with Crippen LogP contribution >= 0.6 is 27.3 Å². The number of aliphatic hydroxyl groups is 1. The Morgan fingerprint density at radius 2 is 2.29 bits per heavy atom. The van der Waals surface area contributed by atoms with Crippen molar-refractivity contribution in [1.82, 2.24) is 10.2 Å². The fourth-order valence-electron chi connectivity index (χ4n) is 0.703. The van der Waals surface area contributed by atoms with Crippen molar-refractivity contribution in [3.8, 4) is 0 Å².